The molecule has 1 aromatic carbocycles. The van der Waals surface area contributed by atoms with E-state index in [0.717, 1.165) is 43.9 Å². The molecule has 21 heavy (non-hydrogen) atoms. The van der Waals surface area contributed by atoms with Crippen LogP contribution >= 0.6 is 11.6 Å². The smallest absolute Gasteiger partial charge is 0.223 e. The lowest BCUT2D eigenvalue weighted by atomic mass is 10.1. The van der Waals surface area contributed by atoms with Crippen LogP contribution in [0.25, 0.3) is 0 Å². The van der Waals surface area contributed by atoms with Crippen LogP contribution in [0, 0.1) is 11.8 Å². The Bertz CT molecular complexity index is 482. The van der Waals surface area contributed by atoms with E-state index >= 15 is 0 Å². The molecule has 3 nitrogen and oxygen atoms in total. The van der Waals surface area contributed by atoms with E-state index in [-0.39, 0.29) is 11.8 Å². The summed E-state index contributed by atoms with van der Waals surface area (Å²) in [5.74, 6) is 1.11. The minimum absolute atomic E-state index is 0.275. The van der Waals surface area contributed by atoms with E-state index in [0.29, 0.717) is 5.92 Å². The first-order valence-electron chi connectivity index (χ1n) is 8.00. The number of carbonyl (C=O) groups is 1. The van der Waals surface area contributed by atoms with Gasteiger partial charge in [-0.05, 0) is 49.4 Å². The number of hydrogen-bond acceptors (Lipinski definition) is 2. The van der Waals surface area contributed by atoms with Gasteiger partial charge in [0.25, 0.3) is 0 Å². The van der Waals surface area contributed by atoms with Gasteiger partial charge >= 0.3 is 0 Å². The highest BCUT2D eigenvalue weighted by Crippen LogP contribution is 2.26. The minimum Gasteiger partial charge on any atom is -0.371 e. The lowest BCUT2D eigenvalue weighted by Crippen LogP contribution is -2.34. The van der Waals surface area contributed by atoms with E-state index in [9.17, 15) is 4.79 Å². The van der Waals surface area contributed by atoms with E-state index in [1.54, 1.807) is 0 Å². The van der Waals surface area contributed by atoms with Gasteiger partial charge in [0, 0.05) is 36.3 Å². The summed E-state index contributed by atoms with van der Waals surface area (Å²) < 4.78 is 0. The van der Waals surface area contributed by atoms with Gasteiger partial charge in [-0.15, -0.1) is 0 Å². The van der Waals surface area contributed by atoms with Crippen LogP contribution in [0.2, 0.25) is 5.02 Å². The van der Waals surface area contributed by atoms with Crippen LogP contribution in [0.4, 0.5) is 5.69 Å². The number of hydrogen-bond donors (Lipinski definition) is 1. The van der Waals surface area contributed by atoms with Gasteiger partial charge in [0.2, 0.25) is 5.91 Å². The molecule has 0 aromatic heterocycles. The normalized spacial score (nSPS) is 22.7. The largest absolute Gasteiger partial charge is 0.371 e. The highest BCUT2D eigenvalue weighted by Gasteiger charge is 2.26. The second-order valence-corrected chi connectivity index (χ2v) is 6.74. The summed E-state index contributed by atoms with van der Waals surface area (Å²) in [6.45, 7) is 2.90. The second kappa shape index (κ2) is 6.69. The van der Waals surface area contributed by atoms with Crippen LogP contribution in [0.3, 0.4) is 0 Å². The summed E-state index contributed by atoms with van der Waals surface area (Å²) in [5.41, 5.74) is 1.23. The molecule has 1 atom stereocenters. The Morgan fingerprint density at radius 1 is 1.19 bits per heavy atom. The monoisotopic (exact) mass is 306 g/mol. The van der Waals surface area contributed by atoms with Crippen LogP contribution in [0.1, 0.15) is 32.1 Å². The fraction of sp³-hybridized carbons (Fsp3) is 0.588. The molecule has 1 aliphatic carbocycles. The van der Waals surface area contributed by atoms with Gasteiger partial charge in [-0.1, -0.05) is 24.4 Å². The van der Waals surface area contributed by atoms with Crippen molar-refractivity contribution in [2.75, 3.05) is 24.5 Å². The topological polar surface area (TPSA) is 32.3 Å². The molecule has 2 fully saturated rings. The molecule has 0 unspecified atom stereocenters. The van der Waals surface area contributed by atoms with Crippen LogP contribution in [0.15, 0.2) is 24.3 Å². The molecule has 0 bridgehead atoms. The molecule has 0 spiro atoms. The highest BCUT2D eigenvalue weighted by molar-refractivity contribution is 6.30. The fourth-order valence-corrected chi connectivity index (χ4v) is 3.59. The van der Waals surface area contributed by atoms with Crippen molar-refractivity contribution in [3.8, 4) is 0 Å². The first-order chi connectivity index (χ1) is 10.2. The molecule has 1 N–H and O–H groups in total. The van der Waals surface area contributed by atoms with Gasteiger partial charge in [0.15, 0.2) is 0 Å². The maximum absolute atomic E-state index is 12.1. The fourth-order valence-electron chi connectivity index (χ4n) is 3.46. The number of rotatable bonds is 4. The first-order valence-corrected chi connectivity index (χ1v) is 8.38. The van der Waals surface area contributed by atoms with E-state index in [1.165, 1.54) is 18.5 Å². The average molecular weight is 307 g/mol. The molecule has 1 saturated carbocycles. The number of nitrogens with one attached hydrogen (secondary N) is 1. The molecule has 1 saturated heterocycles. The maximum atomic E-state index is 12.1. The van der Waals surface area contributed by atoms with E-state index in [1.807, 2.05) is 12.1 Å². The third kappa shape index (κ3) is 3.70. The zero-order valence-electron chi connectivity index (χ0n) is 12.4. The molecular formula is C17H23ClN2O. The third-order valence-corrected chi connectivity index (χ3v) is 5.02. The first kappa shape index (κ1) is 14.7. The van der Waals surface area contributed by atoms with Gasteiger partial charge in [-0.3, -0.25) is 4.79 Å². The Labute approximate surface area is 131 Å². The van der Waals surface area contributed by atoms with Crippen molar-refractivity contribution in [1.82, 2.24) is 5.32 Å². The van der Waals surface area contributed by atoms with Crippen molar-refractivity contribution in [3.63, 3.8) is 0 Å². The Hall–Kier alpha value is -1.22. The van der Waals surface area contributed by atoms with Crippen molar-refractivity contribution in [2.24, 2.45) is 11.8 Å². The van der Waals surface area contributed by atoms with Crippen molar-refractivity contribution in [1.29, 1.82) is 0 Å². The van der Waals surface area contributed by atoms with E-state index in [2.05, 4.69) is 22.3 Å². The van der Waals surface area contributed by atoms with Crippen molar-refractivity contribution < 1.29 is 4.79 Å². The lowest BCUT2D eigenvalue weighted by Gasteiger charge is -2.19. The lowest BCUT2D eigenvalue weighted by molar-refractivity contribution is -0.124. The second-order valence-electron chi connectivity index (χ2n) is 6.30. The molecule has 1 aliphatic heterocycles. The van der Waals surface area contributed by atoms with Crippen LogP contribution in [0.5, 0.6) is 0 Å². The highest BCUT2D eigenvalue weighted by atomic mass is 35.5. The predicted molar refractivity (Wildman–Crippen MR) is 86.7 cm³/mol. The summed E-state index contributed by atoms with van der Waals surface area (Å²) in [7, 11) is 0. The number of anilines is 1. The number of amides is 1. The number of benzene rings is 1. The maximum Gasteiger partial charge on any atom is 0.223 e. The average Bonchev–Trinajstić information content (AvgIpc) is 3.17. The molecule has 1 heterocycles. The molecule has 4 heteroatoms. The summed E-state index contributed by atoms with van der Waals surface area (Å²) in [6.07, 6.45) is 5.73. The third-order valence-electron chi connectivity index (χ3n) is 4.77. The molecule has 1 amide bonds. The zero-order valence-corrected chi connectivity index (χ0v) is 13.1. The van der Waals surface area contributed by atoms with E-state index in [4.69, 9.17) is 11.6 Å². The number of nitrogens with zero attached hydrogens (tertiary/aromatic N) is 1. The Morgan fingerprint density at radius 2 is 1.90 bits per heavy atom. The van der Waals surface area contributed by atoms with Gasteiger partial charge in [-0.25, -0.2) is 0 Å². The van der Waals surface area contributed by atoms with Gasteiger partial charge in [-0.2, -0.15) is 0 Å². The summed E-state index contributed by atoms with van der Waals surface area (Å²) in [5, 5.41) is 3.94. The van der Waals surface area contributed by atoms with Crippen LogP contribution in [-0.4, -0.2) is 25.5 Å². The van der Waals surface area contributed by atoms with Crippen molar-refractivity contribution in [3.05, 3.63) is 29.3 Å². The quantitative estimate of drug-likeness (QED) is 0.924. The SMILES string of the molecule is O=C(NC[C@@H]1CCN(c2ccc(Cl)cc2)C1)C1CCCC1. The predicted octanol–water partition coefficient (Wildman–Crippen LogP) is 3.47. The molecular weight excluding hydrogens is 284 g/mol. The number of carbonyl (C=O) groups excluding carboxylic acids is 1. The van der Waals surface area contributed by atoms with Gasteiger partial charge < -0.3 is 10.2 Å². The van der Waals surface area contributed by atoms with Crippen molar-refractivity contribution in [2.45, 2.75) is 32.1 Å². The summed E-state index contributed by atoms with van der Waals surface area (Å²) in [6, 6.07) is 8.02. The minimum atomic E-state index is 0.275. The molecule has 2 aliphatic rings. The van der Waals surface area contributed by atoms with Crippen LogP contribution < -0.4 is 10.2 Å². The summed E-state index contributed by atoms with van der Waals surface area (Å²) in [4.78, 5) is 14.4. The van der Waals surface area contributed by atoms with Gasteiger partial charge in [0.1, 0.15) is 0 Å². The zero-order chi connectivity index (χ0) is 14.7. The standard InChI is InChI=1S/C17H23ClN2O/c18-15-5-7-16(8-6-15)20-10-9-13(12-20)11-19-17(21)14-3-1-2-4-14/h5-8,13-14H,1-4,9-12H2,(H,19,21)/t13-/m0/s1. The molecule has 114 valence electrons. The molecule has 3 rings (SSSR count). The van der Waals surface area contributed by atoms with E-state index < -0.39 is 0 Å². The number of halogens is 1. The summed E-state index contributed by atoms with van der Waals surface area (Å²) >= 11 is 5.93. The van der Waals surface area contributed by atoms with Crippen molar-refractivity contribution >= 4 is 23.2 Å². The molecule has 1 aromatic rings. The van der Waals surface area contributed by atoms with Gasteiger partial charge in [0.05, 0.1) is 0 Å². The Balaban J connectivity index is 1.46. The molecule has 0 radical (unpaired) electrons. The Morgan fingerprint density at radius 3 is 2.62 bits per heavy atom. The van der Waals surface area contributed by atoms with Crippen LogP contribution in [-0.2, 0) is 4.79 Å². The Kier molecular flexibility index (Phi) is 4.69.